The average Bonchev–Trinajstić information content (AvgIpc) is 2.33. The fraction of sp³-hybridized carbons (Fsp3) is 0.250. The summed E-state index contributed by atoms with van der Waals surface area (Å²) in [6.45, 7) is 3.92. The molecule has 0 saturated carbocycles. The Labute approximate surface area is 103 Å². The zero-order chi connectivity index (χ0) is 13.1. The molecule has 0 aliphatic rings. The summed E-state index contributed by atoms with van der Waals surface area (Å²) in [5.41, 5.74) is 1.06. The Balaban J connectivity index is 2.21. The molecule has 18 heavy (non-hydrogen) atoms. The van der Waals surface area contributed by atoms with Crippen molar-refractivity contribution in [3.63, 3.8) is 0 Å². The summed E-state index contributed by atoms with van der Waals surface area (Å²) in [6, 6.07) is 7.88. The minimum absolute atomic E-state index is 0.0786. The molecular formula is C12H14N4O2. The van der Waals surface area contributed by atoms with Gasteiger partial charge in [0.05, 0.1) is 6.04 Å². The molecule has 1 aromatic heterocycles. The molecule has 0 aliphatic heterocycles. The molecule has 1 unspecified atom stereocenters. The van der Waals surface area contributed by atoms with Crippen molar-refractivity contribution in [2.75, 3.05) is 5.32 Å². The van der Waals surface area contributed by atoms with Gasteiger partial charge in [0.25, 0.3) is 5.56 Å². The van der Waals surface area contributed by atoms with Gasteiger partial charge in [-0.15, -0.1) is 5.10 Å². The van der Waals surface area contributed by atoms with E-state index >= 15 is 0 Å². The van der Waals surface area contributed by atoms with Crippen LogP contribution < -0.4 is 16.6 Å². The standard InChI is InChI=1S/C12H14N4O2/c1-7-3-5-9(6-4-7)8(2)13-10-11(17)14-12(18)16-15-10/h3-6,8H,1-2H3,(H,13,15)(H2,14,16,17,18). The van der Waals surface area contributed by atoms with E-state index in [9.17, 15) is 9.59 Å². The highest BCUT2D eigenvalue weighted by Crippen LogP contribution is 2.15. The van der Waals surface area contributed by atoms with Crippen LogP contribution in [0.4, 0.5) is 5.82 Å². The highest BCUT2D eigenvalue weighted by molar-refractivity contribution is 5.35. The monoisotopic (exact) mass is 246 g/mol. The predicted molar refractivity (Wildman–Crippen MR) is 68.7 cm³/mol. The Morgan fingerprint density at radius 1 is 1.22 bits per heavy atom. The van der Waals surface area contributed by atoms with E-state index in [1.54, 1.807) is 0 Å². The summed E-state index contributed by atoms with van der Waals surface area (Å²) >= 11 is 0. The number of aromatic nitrogens is 3. The maximum absolute atomic E-state index is 11.5. The number of nitrogens with zero attached hydrogens (tertiary/aromatic N) is 1. The van der Waals surface area contributed by atoms with E-state index in [1.165, 1.54) is 5.56 Å². The average molecular weight is 246 g/mol. The molecule has 0 aliphatic carbocycles. The highest BCUT2D eigenvalue weighted by Gasteiger charge is 2.08. The maximum Gasteiger partial charge on any atom is 0.342 e. The number of aryl methyl sites for hydroxylation is 1. The van der Waals surface area contributed by atoms with E-state index in [0.717, 1.165) is 5.56 Å². The van der Waals surface area contributed by atoms with Crippen LogP contribution in [-0.4, -0.2) is 15.2 Å². The quantitative estimate of drug-likeness (QED) is 0.751. The number of H-pyrrole nitrogens is 2. The summed E-state index contributed by atoms with van der Waals surface area (Å²) in [5.74, 6) is 0.0997. The molecule has 0 fully saturated rings. The van der Waals surface area contributed by atoms with Crippen LogP contribution in [0.5, 0.6) is 0 Å². The number of aromatic amines is 2. The first-order valence-electron chi connectivity index (χ1n) is 5.58. The normalized spacial score (nSPS) is 12.1. The van der Waals surface area contributed by atoms with Crippen LogP contribution >= 0.6 is 0 Å². The summed E-state index contributed by atoms with van der Waals surface area (Å²) < 4.78 is 0. The molecule has 0 spiro atoms. The third-order valence-corrected chi connectivity index (χ3v) is 2.64. The van der Waals surface area contributed by atoms with Gasteiger partial charge < -0.3 is 5.32 Å². The van der Waals surface area contributed by atoms with E-state index in [0.29, 0.717) is 0 Å². The molecule has 2 aromatic rings. The SMILES string of the molecule is Cc1ccc(C(C)Nc2n[nH]c(=O)[nH]c2=O)cc1. The van der Waals surface area contributed by atoms with Crippen molar-refractivity contribution in [3.8, 4) is 0 Å². The van der Waals surface area contributed by atoms with E-state index < -0.39 is 11.2 Å². The minimum Gasteiger partial charge on any atom is -0.358 e. The van der Waals surface area contributed by atoms with Crippen LogP contribution in [0.3, 0.4) is 0 Å². The van der Waals surface area contributed by atoms with Crippen molar-refractivity contribution in [1.29, 1.82) is 0 Å². The van der Waals surface area contributed by atoms with Gasteiger partial charge in [0.15, 0.2) is 0 Å². The topological polar surface area (TPSA) is 90.6 Å². The van der Waals surface area contributed by atoms with Crippen molar-refractivity contribution in [2.24, 2.45) is 0 Å². The Kier molecular flexibility index (Phi) is 3.27. The number of rotatable bonds is 3. The molecule has 0 radical (unpaired) electrons. The molecule has 1 heterocycles. The van der Waals surface area contributed by atoms with Crippen molar-refractivity contribution < 1.29 is 0 Å². The number of anilines is 1. The Morgan fingerprint density at radius 2 is 1.89 bits per heavy atom. The number of benzene rings is 1. The van der Waals surface area contributed by atoms with E-state index in [-0.39, 0.29) is 11.9 Å². The zero-order valence-corrected chi connectivity index (χ0v) is 10.2. The summed E-state index contributed by atoms with van der Waals surface area (Å²) in [5, 5.41) is 8.80. The molecule has 0 saturated heterocycles. The van der Waals surface area contributed by atoms with Crippen LogP contribution in [0.25, 0.3) is 0 Å². The smallest absolute Gasteiger partial charge is 0.342 e. The van der Waals surface area contributed by atoms with E-state index in [2.05, 4.69) is 20.5 Å². The molecule has 94 valence electrons. The minimum atomic E-state index is -0.617. The number of hydrogen-bond acceptors (Lipinski definition) is 4. The lowest BCUT2D eigenvalue weighted by Crippen LogP contribution is -2.27. The third-order valence-electron chi connectivity index (χ3n) is 2.64. The largest absolute Gasteiger partial charge is 0.358 e. The van der Waals surface area contributed by atoms with E-state index in [4.69, 9.17) is 0 Å². The Hall–Kier alpha value is -2.37. The Morgan fingerprint density at radius 3 is 2.50 bits per heavy atom. The molecular weight excluding hydrogens is 232 g/mol. The van der Waals surface area contributed by atoms with Crippen molar-refractivity contribution in [3.05, 3.63) is 56.2 Å². The van der Waals surface area contributed by atoms with Crippen molar-refractivity contribution >= 4 is 5.82 Å². The van der Waals surface area contributed by atoms with Crippen LogP contribution in [-0.2, 0) is 0 Å². The van der Waals surface area contributed by atoms with Gasteiger partial charge in [-0.05, 0) is 19.4 Å². The zero-order valence-electron chi connectivity index (χ0n) is 10.2. The van der Waals surface area contributed by atoms with Crippen molar-refractivity contribution in [1.82, 2.24) is 15.2 Å². The second-order valence-corrected chi connectivity index (χ2v) is 4.13. The first-order valence-corrected chi connectivity index (χ1v) is 5.58. The molecule has 6 nitrogen and oxygen atoms in total. The predicted octanol–water partition coefficient (Wildman–Crippen LogP) is 0.940. The highest BCUT2D eigenvalue weighted by atomic mass is 16.2. The van der Waals surface area contributed by atoms with Crippen LogP contribution in [0.15, 0.2) is 33.9 Å². The van der Waals surface area contributed by atoms with Gasteiger partial charge in [0.1, 0.15) is 0 Å². The molecule has 6 heteroatoms. The number of hydrogen-bond donors (Lipinski definition) is 3. The lowest BCUT2D eigenvalue weighted by molar-refractivity contribution is 0.826. The summed E-state index contributed by atoms with van der Waals surface area (Å²) in [4.78, 5) is 24.4. The molecule has 2 rings (SSSR count). The van der Waals surface area contributed by atoms with Gasteiger partial charge in [-0.25, -0.2) is 9.89 Å². The van der Waals surface area contributed by atoms with Gasteiger partial charge in [0, 0.05) is 0 Å². The molecule has 1 atom stereocenters. The molecule has 1 aromatic carbocycles. The summed E-state index contributed by atoms with van der Waals surface area (Å²) in [7, 11) is 0. The second kappa shape index (κ2) is 4.87. The molecule has 0 amide bonds. The van der Waals surface area contributed by atoms with E-state index in [1.807, 2.05) is 38.1 Å². The fourth-order valence-electron chi connectivity index (χ4n) is 1.59. The first-order chi connectivity index (χ1) is 8.56. The fourth-order valence-corrected chi connectivity index (χ4v) is 1.59. The van der Waals surface area contributed by atoms with Gasteiger partial charge in [0.2, 0.25) is 5.82 Å². The Bertz CT molecular complexity index is 642. The van der Waals surface area contributed by atoms with Crippen LogP contribution in [0.1, 0.15) is 24.1 Å². The van der Waals surface area contributed by atoms with Crippen LogP contribution in [0.2, 0.25) is 0 Å². The summed E-state index contributed by atoms with van der Waals surface area (Å²) in [6.07, 6.45) is 0. The second-order valence-electron chi connectivity index (χ2n) is 4.13. The van der Waals surface area contributed by atoms with Gasteiger partial charge in [-0.2, -0.15) is 0 Å². The van der Waals surface area contributed by atoms with Gasteiger partial charge >= 0.3 is 5.69 Å². The van der Waals surface area contributed by atoms with Crippen LogP contribution in [0, 0.1) is 6.92 Å². The first kappa shape index (κ1) is 12.1. The maximum atomic E-state index is 11.5. The third kappa shape index (κ3) is 2.65. The number of nitrogens with one attached hydrogen (secondary N) is 3. The van der Waals surface area contributed by atoms with Crippen molar-refractivity contribution in [2.45, 2.75) is 19.9 Å². The lowest BCUT2D eigenvalue weighted by Gasteiger charge is -2.13. The molecule has 3 N–H and O–H groups in total. The van der Waals surface area contributed by atoms with Gasteiger partial charge in [-0.1, -0.05) is 29.8 Å². The van der Waals surface area contributed by atoms with Gasteiger partial charge in [-0.3, -0.25) is 9.78 Å². The lowest BCUT2D eigenvalue weighted by atomic mass is 10.1. The molecule has 0 bridgehead atoms.